The molecule has 0 amide bonds. The number of hydrogen-bond acceptors (Lipinski definition) is 6. The second-order valence-corrected chi connectivity index (χ2v) is 5.29. The standard InChI is InChI=1S/C15H13N3O3S/c1-8-13(9(2)19)14(11(7-16)15(22)17-8)10-5-3-4-6-12(10)18(20)21/h3-6,14,17,22H,1-2H3/t14-/m1/s1. The Hall–Kier alpha value is -2.59. The summed E-state index contributed by atoms with van der Waals surface area (Å²) in [5.74, 6) is -1.04. The van der Waals surface area contributed by atoms with Crippen molar-refractivity contribution in [3.8, 4) is 6.07 Å². The van der Waals surface area contributed by atoms with Gasteiger partial charge in [-0.3, -0.25) is 14.9 Å². The number of para-hydroxylation sites is 1. The molecule has 0 aliphatic carbocycles. The fraction of sp³-hybridized carbons (Fsp3) is 0.200. The van der Waals surface area contributed by atoms with Gasteiger partial charge in [-0.1, -0.05) is 18.2 Å². The van der Waals surface area contributed by atoms with E-state index in [1.54, 1.807) is 25.1 Å². The van der Waals surface area contributed by atoms with E-state index in [0.717, 1.165) is 0 Å². The smallest absolute Gasteiger partial charge is 0.273 e. The molecule has 0 saturated heterocycles. The van der Waals surface area contributed by atoms with E-state index < -0.39 is 10.8 Å². The minimum atomic E-state index is -0.794. The molecule has 112 valence electrons. The van der Waals surface area contributed by atoms with E-state index in [4.69, 9.17) is 0 Å². The highest BCUT2D eigenvalue weighted by Crippen LogP contribution is 2.42. The number of ketones is 1. The van der Waals surface area contributed by atoms with Crippen molar-refractivity contribution in [3.63, 3.8) is 0 Å². The minimum Gasteiger partial charge on any atom is -0.353 e. The number of nitriles is 1. The van der Waals surface area contributed by atoms with E-state index in [1.807, 2.05) is 6.07 Å². The quantitative estimate of drug-likeness (QED) is 0.508. The minimum absolute atomic E-state index is 0.130. The lowest BCUT2D eigenvalue weighted by Gasteiger charge is -2.27. The zero-order valence-electron chi connectivity index (χ0n) is 12.0. The molecule has 0 aromatic heterocycles. The van der Waals surface area contributed by atoms with Gasteiger partial charge in [0.1, 0.15) is 0 Å². The number of carbonyl (C=O) groups excluding carboxylic acids is 1. The van der Waals surface area contributed by atoms with Crippen molar-refractivity contribution in [2.24, 2.45) is 0 Å². The third-order valence-electron chi connectivity index (χ3n) is 3.49. The van der Waals surface area contributed by atoms with Crippen LogP contribution in [0.4, 0.5) is 5.69 Å². The number of dihydropyridines is 1. The van der Waals surface area contributed by atoms with Crippen molar-refractivity contribution >= 4 is 24.1 Å². The number of Topliss-reactive ketones (excluding diaryl/α,β-unsaturated/α-hetero) is 1. The highest BCUT2D eigenvalue weighted by Gasteiger charge is 2.35. The maximum Gasteiger partial charge on any atom is 0.273 e. The topological polar surface area (TPSA) is 96.0 Å². The van der Waals surface area contributed by atoms with Crippen LogP contribution in [0.1, 0.15) is 25.3 Å². The molecule has 0 unspecified atom stereocenters. The van der Waals surface area contributed by atoms with Gasteiger partial charge in [-0.15, -0.1) is 12.6 Å². The van der Waals surface area contributed by atoms with Crippen LogP contribution in [0.25, 0.3) is 0 Å². The van der Waals surface area contributed by atoms with Gasteiger partial charge in [0.05, 0.1) is 27.5 Å². The molecule has 0 spiro atoms. The van der Waals surface area contributed by atoms with E-state index in [9.17, 15) is 20.2 Å². The zero-order valence-corrected chi connectivity index (χ0v) is 12.8. The molecule has 0 radical (unpaired) electrons. The Balaban J connectivity index is 2.78. The first kappa shape index (κ1) is 15.8. The normalized spacial score (nSPS) is 17.8. The number of rotatable bonds is 3. The number of thiol groups is 1. The highest BCUT2D eigenvalue weighted by molar-refractivity contribution is 7.84. The Morgan fingerprint density at radius 3 is 2.64 bits per heavy atom. The summed E-state index contributed by atoms with van der Waals surface area (Å²) in [4.78, 5) is 22.8. The Bertz CT molecular complexity index is 774. The molecular formula is C15H13N3O3S. The van der Waals surface area contributed by atoms with Crippen LogP contribution in [-0.4, -0.2) is 10.7 Å². The summed E-state index contributed by atoms with van der Waals surface area (Å²) >= 11 is 4.23. The molecule has 1 N–H and O–H groups in total. The molecular weight excluding hydrogens is 302 g/mol. The molecule has 0 bridgehead atoms. The zero-order chi connectivity index (χ0) is 16.4. The van der Waals surface area contributed by atoms with E-state index in [0.29, 0.717) is 21.9 Å². The van der Waals surface area contributed by atoms with Crippen molar-refractivity contribution < 1.29 is 9.72 Å². The van der Waals surface area contributed by atoms with Gasteiger partial charge in [0.15, 0.2) is 5.78 Å². The maximum absolute atomic E-state index is 12.0. The largest absolute Gasteiger partial charge is 0.353 e. The van der Waals surface area contributed by atoms with E-state index in [2.05, 4.69) is 17.9 Å². The van der Waals surface area contributed by atoms with Gasteiger partial charge in [-0.05, 0) is 13.8 Å². The maximum atomic E-state index is 12.0. The van der Waals surface area contributed by atoms with Crippen molar-refractivity contribution in [2.75, 3.05) is 0 Å². The molecule has 1 aliphatic heterocycles. The lowest BCUT2D eigenvalue weighted by atomic mass is 9.80. The van der Waals surface area contributed by atoms with Crippen LogP contribution in [0.15, 0.2) is 46.1 Å². The fourth-order valence-corrected chi connectivity index (χ4v) is 2.95. The van der Waals surface area contributed by atoms with Crippen LogP contribution in [0.3, 0.4) is 0 Å². The summed E-state index contributed by atoms with van der Waals surface area (Å²) in [6.07, 6.45) is 0. The third-order valence-corrected chi connectivity index (χ3v) is 3.84. The number of nitro groups is 1. The van der Waals surface area contributed by atoms with Crippen molar-refractivity contribution in [2.45, 2.75) is 19.8 Å². The molecule has 2 rings (SSSR count). The van der Waals surface area contributed by atoms with Gasteiger partial charge < -0.3 is 5.32 Å². The number of carbonyl (C=O) groups is 1. The second kappa shape index (κ2) is 6.03. The van der Waals surface area contributed by atoms with Crippen molar-refractivity contribution in [1.29, 1.82) is 5.26 Å². The average molecular weight is 315 g/mol. The predicted molar refractivity (Wildman–Crippen MR) is 84.0 cm³/mol. The van der Waals surface area contributed by atoms with Crippen LogP contribution < -0.4 is 5.32 Å². The Labute approximate surface area is 132 Å². The van der Waals surface area contributed by atoms with E-state index in [1.165, 1.54) is 13.0 Å². The van der Waals surface area contributed by atoms with Crippen LogP contribution >= 0.6 is 12.6 Å². The first-order chi connectivity index (χ1) is 10.4. The molecule has 1 aliphatic rings. The monoisotopic (exact) mass is 315 g/mol. The van der Waals surface area contributed by atoms with Crippen LogP contribution in [0.2, 0.25) is 0 Å². The molecule has 1 heterocycles. The highest BCUT2D eigenvalue weighted by atomic mass is 32.1. The molecule has 0 saturated carbocycles. The van der Waals surface area contributed by atoms with Gasteiger partial charge >= 0.3 is 0 Å². The first-order valence-corrected chi connectivity index (χ1v) is 6.88. The van der Waals surface area contributed by atoms with Gasteiger partial charge in [0.25, 0.3) is 5.69 Å². The first-order valence-electron chi connectivity index (χ1n) is 6.43. The summed E-state index contributed by atoms with van der Waals surface area (Å²) in [7, 11) is 0. The lowest BCUT2D eigenvalue weighted by molar-refractivity contribution is -0.385. The second-order valence-electron chi connectivity index (χ2n) is 4.84. The van der Waals surface area contributed by atoms with Crippen molar-refractivity contribution in [3.05, 3.63) is 61.8 Å². The molecule has 7 heteroatoms. The third kappa shape index (κ3) is 2.61. The summed E-state index contributed by atoms with van der Waals surface area (Å²) in [6, 6.07) is 8.11. The molecule has 6 nitrogen and oxygen atoms in total. The number of allylic oxidation sites excluding steroid dienone is 3. The number of benzene rings is 1. The number of nitrogens with zero attached hydrogens (tertiary/aromatic N) is 2. The Morgan fingerprint density at radius 1 is 1.45 bits per heavy atom. The van der Waals surface area contributed by atoms with Crippen LogP contribution in [0, 0.1) is 21.4 Å². The van der Waals surface area contributed by atoms with Gasteiger partial charge in [0, 0.05) is 22.9 Å². The summed E-state index contributed by atoms with van der Waals surface area (Å²) in [5, 5.41) is 23.8. The van der Waals surface area contributed by atoms with Gasteiger partial charge in [-0.25, -0.2) is 0 Å². The van der Waals surface area contributed by atoms with Crippen molar-refractivity contribution in [1.82, 2.24) is 5.32 Å². The molecule has 22 heavy (non-hydrogen) atoms. The molecule has 0 fully saturated rings. The Morgan fingerprint density at radius 2 is 2.09 bits per heavy atom. The molecule has 1 atom stereocenters. The van der Waals surface area contributed by atoms with Gasteiger partial charge in [-0.2, -0.15) is 5.26 Å². The number of nitrogens with one attached hydrogen (secondary N) is 1. The lowest BCUT2D eigenvalue weighted by Crippen LogP contribution is -2.26. The SMILES string of the molecule is CC(=O)C1=C(C)NC(S)=C(C#N)[C@H]1c1ccccc1[N+](=O)[O-]. The Kier molecular flexibility index (Phi) is 4.33. The predicted octanol–water partition coefficient (Wildman–Crippen LogP) is 2.81. The summed E-state index contributed by atoms with van der Waals surface area (Å²) in [5.41, 5.74) is 1.24. The number of nitro benzene ring substituents is 1. The average Bonchev–Trinajstić information content (AvgIpc) is 2.45. The van der Waals surface area contributed by atoms with E-state index >= 15 is 0 Å². The summed E-state index contributed by atoms with van der Waals surface area (Å²) < 4.78 is 0. The van der Waals surface area contributed by atoms with Crippen LogP contribution in [0.5, 0.6) is 0 Å². The molecule has 1 aromatic rings. The fourth-order valence-electron chi connectivity index (χ4n) is 2.60. The number of hydrogen-bond donors (Lipinski definition) is 2. The van der Waals surface area contributed by atoms with E-state index in [-0.39, 0.29) is 17.0 Å². The van der Waals surface area contributed by atoms with Crippen LogP contribution in [-0.2, 0) is 4.79 Å². The van der Waals surface area contributed by atoms with Gasteiger partial charge in [0.2, 0.25) is 0 Å². The summed E-state index contributed by atoms with van der Waals surface area (Å²) in [6.45, 7) is 3.06. The molecule has 1 aromatic carbocycles.